The third-order valence-electron chi connectivity index (χ3n) is 4.48. The summed E-state index contributed by atoms with van der Waals surface area (Å²) in [4.78, 5) is 0. The molecule has 1 N–H and O–H groups in total. The van der Waals surface area contributed by atoms with E-state index in [1.807, 2.05) is 6.07 Å². The van der Waals surface area contributed by atoms with Gasteiger partial charge in [0.25, 0.3) is 0 Å². The second-order valence-corrected chi connectivity index (χ2v) is 6.57. The summed E-state index contributed by atoms with van der Waals surface area (Å²) in [7, 11) is 0. The molecule has 1 aliphatic rings. The molecule has 1 aromatic carbocycles. The van der Waals surface area contributed by atoms with Gasteiger partial charge >= 0.3 is 6.18 Å². The Labute approximate surface area is 124 Å². The molecule has 21 heavy (non-hydrogen) atoms. The van der Waals surface area contributed by atoms with Crippen LogP contribution in [0.3, 0.4) is 0 Å². The fraction of sp³-hybridized carbons (Fsp3) is 0.647. The van der Waals surface area contributed by atoms with Crippen molar-refractivity contribution in [3.63, 3.8) is 0 Å². The van der Waals surface area contributed by atoms with Gasteiger partial charge in [0.05, 0.1) is 5.56 Å². The lowest BCUT2D eigenvalue weighted by Crippen LogP contribution is -2.31. The molecular formula is C17H24F3N. The second-order valence-electron chi connectivity index (χ2n) is 6.57. The van der Waals surface area contributed by atoms with Crippen molar-refractivity contribution >= 4 is 0 Å². The van der Waals surface area contributed by atoms with Crippen LogP contribution in [0.15, 0.2) is 24.3 Å². The van der Waals surface area contributed by atoms with Gasteiger partial charge in [-0.2, -0.15) is 13.2 Å². The highest BCUT2D eigenvalue weighted by molar-refractivity contribution is 5.38. The average Bonchev–Trinajstić information content (AvgIpc) is 3.12. The van der Waals surface area contributed by atoms with Crippen molar-refractivity contribution in [3.8, 4) is 0 Å². The van der Waals surface area contributed by atoms with Gasteiger partial charge < -0.3 is 5.32 Å². The minimum Gasteiger partial charge on any atom is -0.316 e. The molecule has 1 fully saturated rings. The standard InChI is InChI=1S/C17H24F3N/c1-4-13-9-16(13,11-21-10-12(2)3)14-6-5-7-15(8-14)17(18,19)20/h5-8,12-13,21H,4,9-11H2,1-3H3. The predicted molar refractivity (Wildman–Crippen MR) is 79.2 cm³/mol. The summed E-state index contributed by atoms with van der Waals surface area (Å²) < 4.78 is 38.7. The first kappa shape index (κ1) is 16.3. The maximum Gasteiger partial charge on any atom is 0.416 e. The van der Waals surface area contributed by atoms with Crippen LogP contribution >= 0.6 is 0 Å². The van der Waals surface area contributed by atoms with Gasteiger partial charge in [0.2, 0.25) is 0 Å². The van der Waals surface area contributed by atoms with Gasteiger partial charge in [0.15, 0.2) is 0 Å². The summed E-state index contributed by atoms with van der Waals surface area (Å²) in [6, 6.07) is 5.88. The quantitative estimate of drug-likeness (QED) is 0.808. The maximum atomic E-state index is 12.9. The van der Waals surface area contributed by atoms with Crippen LogP contribution < -0.4 is 5.32 Å². The topological polar surface area (TPSA) is 12.0 Å². The molecule has 2 unspecified atom stereocenters. The van der Waals surface area contributed by atoms with Crippen molar-refractivity contribution in [2.75, 3.05) is 13.1 Å². The molecule has 0 spiro atoms. The Hall–Kier alpha value is -1.03. The van der Waals surface area contributed by atoms with E-state index in [-0.39, 0.29) is 5.41 Å². The molecule has 1 aromatic rings. The molecule has 4 heteroatoms. The molecule has 0 amide bonds. The molecule has 1 aliphatic carbocycles. The monoisotopic (exact) mass is 299 g/mol. The third kappa shape index (κ3) is 3.60. The van der Waals surface area contributed by atoms with Crippen molar-refractivity contribution in [1.82, 2.24) is 5.32 Å². The number of benzene rings is 1. The van der Waals surface area contributed by atoms with Crippen molar-refractivity contribution in [1.29, 1.82) is 0 Å². The van der Waals surface area contributed by atoms with Crippen LogP contribution in [0, 0.1) is 11.8 Å². The lowest BCUT2D eigenvalue weighted by Gasteiger charge is -2.21. The first-order chi connectivity index (χ1) is 9.79. The Morgan fingerprint density at radius 1 is 1.33 bits per heavy atom. The molecule has 0 radical (unpaired) electrons. The van der Waals surface area contributed by atoms with Gasteiger partial charge in [-0.15, -0.1) is 0 Å². The first-order valence-electron chi connectivity index (χ1n) is 7.68. The number of alkyl halides is 3. The minimum absolute atomic E-state index is 0.106. The van der Waals surface area contributed by atoms with Gasteiger partial charge in [0, 0.05) is 12.0 Å². The molecule has 0 heterocycles. The zero-order valence-electron chi connectivity index (χ0n) is 12.9. The highest BCUT2D eigenvalue weighted by atomic mass is 19.4. The molecule has 0 bridgehead atoms. The zero-order valence-corrected chi connectivity index (χ0v) is 12.9. The van der Waals surface area contributed by atoms with E-state index in [1.165, 1.54) is 12.1 Å². The summed E-state index contributed by atoms with van der Waals surface area (Å²) in [5.41, 5.74) is 0.190. The van der Waals surface area contributed by atoms with Gasteiger partial charge in [0.1, 0.15) is 0 Å². The van der Waals surface area contributed by atoms with Crippen LogP contribution in [0.5, 0.6) is 0 Å². The van der Waals surface area contributed by atoms with E-state index in [9.17, 15) is 13.2 Å². The van der Waals surface area contributed by atoms with Crippen LogP contribution in [-0.2, 0) is 11.6 Å². The van der Waals surface area contributed by atoms with E-state index in [4.69, 9.17) is 0 Å². The van der Waals surface area contributed by atoms with Crippen molar-refractivity contribution < 1.29 is 13.2 Å². The number of halogens is 3. The van der Waals surface area contributed by atoms with Crippen molar-refractivity contribution in [2.24, 2.45) is 11.8 Å². The van der Waals surface area contributed by atoms with E-state index in [1.54, 1.807) is 0 Å². The number of rotatable bonds is 6. The molecule has 0 aliphatic heterocycles. The summed E-state index contributed by atoms with van der Waals surface area (Å²) in [6.45, 7) is 8.05. The summed E-state index contributed by atoms with van der Waals surface area (Å²) in [5.74, 6) is 1.03. The Balaban J connectivity index is 2.19. The van der Waals surface area contributed by atoms with E-state index < -0.39 is 11.7 Å². The Bertz CT molecular complexity index is 481. The highest BCUT2D eigenvalue weighted by Gasteiger charge is 2.53. The molecule has 0 saturated heterocycles. The Morgan fingerprint density at radius 3 is 2.57 bits per heavy atom. The normalized spacial score (nSPS) is 25.4. The largest absolute Gasteiger partial charge is 0.416 e. The van der Waals surface area contributed by atoms with E-state index in [0.717, 1.165) is 37.6 Å². The van der Waals surface area contributed by atoms with Crippen LogP contribution in [-0.4, -0.2) is 13.1 Å². The van der Waals surface area contributed by atoms with Gasteiger partial charge in [-0.3, -0.25) is 0 Å². The van der Waals surface area contributed by atoms with E-state index in [0.29, 0.717) is 11.8 Å². The third-order valence-corrected chi connectivity index (χ3v) is 4.48. The van der Waals surface area contributed by atoms with Gasteiger partial charge in [-0.05, 0) is 36.4 Å². The average molecular weight is 299 g/mol. The molecule has 2 atom stereocenters. The Morgan fingerprint density at radius 2 is 2.05 bits per heavy atom. The molecule has 1 saturated carbocycles. The van der Waals surface area contributed by atoms with Crippen LogP contribution in [0.25, 0.3) is 0 Å². The number of hydrogen-bond acceptors (Lipinski definition) is 1. The lowest BCUT2D eigenvalue weighted by molar-refractivity contribution is -0.137. The summed E-state index contributed by atoms with van der Waals surface area (Å²) >= 11 is 0. The SMILES string of the molecule is CCC1CC1(CNCC(C)C)c1cccc(C(F)(F)F)c1. The molecule has 0 aromatic heterocycles. The zero-order chi connectivity index (χ0) is 15.7. The maximum absolute atomic E-state index is 12.9. The minimum atomic E-state index is -4.26. The van der Waals surface area contributed by atoms with Gasteiger partial charge in [-0.25, -0.2) is 0 Å². The van der Waals surface area contributed by atoms with E-state index >= 15 is 0 Å². The first-order valence-corrected chi connectivity index (χ1v) is 7.68. The molecule has 118 valence electrons. The van der Waals surface area contributed by atoms with Crippen molar-refractivity contribution in [2.45, 2.75) is 45.2 Å². The molecule has 1 nitrogen and oxygen atoms in total. The predicted octanol–water partition coefficient (Wildman–Crippen LogP) is 4.62. The number of nitrogens with one attached hydrogen (secondary N) is 1. The van der Waals surface area contributed by atoms with Crippen LogP contribution in [0.2, 0.25) is 0 Å². The van der Waals surface area contributed by atoms with Crippen LogP contribution in [0.1, 0.15) is 44.7 Å². The van der Waals surface area contributed by atoms with E-state index in [2.05, 4.69) is 26.1 Å². The smallest absolute Gasteiger partial charge is 0.316 e. The highest BCUT2D eigenvalue weighted by Crippen LogP contribution is 2.56. The molecule has 2 rings (SSSR count). The summed E-state index contributed by atoms with van der Waals surface area (Å²) in [5, 5.41) is 3.43. The number of hydrogen-bond donors (Lipinski definition) is 1. The lowest BCUT2D eigenvalue weighted by atomic mass is 9.90. The molecular weight excluding hydrogens is 275 g/mol. The van der Waals surface area contributed by atoms with Crippen molar-refractivity contribution in [3.05, 3.63) is 35.4 Å². The fourth-order valence-corrected chi connectivity index (χ4v) is 3.18. The second kappa shape index (κ2) is 5.99. The van der Waals surface area contributed by atoms with Gasteiger partial charge in [-0.1, -0.05) is 45.4 Å². The van der Waals surface area contributed by atoms with Crippen LogP contribution in [0.4, 0.5) is 13.2 Å². The Kier molecular flexibility index (Phi) is 4.66. The summed E-state index contributed by atoms with van der Waals surface area (Å²) in [6.07, 6.45) is -2.27. The fourth-order valence-electron chi connectivity index (χ4n) is 3.18.